The van der Waals surface area contributed by atoms with Crippen LogP contribution in [0, 0.1) is 19.7 Å². The molecule has 0 spiro atoms. The first-order chi connectivity index (χ1) is 12.9. The van der Waals surface area contributed by atoms with Crippen LogP contribution in [0.1, 0.15) is 11.1 Å². The fraction of sp³-hybridized carbons (Fsp3) is 0.429. The van der Waals surface area contributed by atoms with Crippen molar-refractivity contribution in [3.05, 3.63) is 58.4 Å². The maximum atomic E-state index is 13.0. The maximum Gasteiger partial charge on any atom is 0.123 e. The predicted molar refractivity (Wildman–Crippen MR) is 107 cm³/mol. The highest BCUT2D eigenvalue weighted by atomic mass is 35.5. The van der Waals surface area contributed by atoms with Gasteiger partial charge in [-0.05, 0) is 61.4 Å². The molecule has 3 rings (SSSR count). The second kappa shape index (κ2) is 8.91. The summed E-state index contributed by atoms with van der Waals surface area (Å²) in [6.07, 6.45) is -0.557. The van der Waals surface area contributed by atoms with Crippen LogP contribution in [-0.2, 0) is 0 Å². The van der Waals surface area contributed by atoms with Crippen molar-refractivity contribution in [3.63, 3.8) is 0 Å². The van der Waals surface area contributed by atoms with Crippen molar-refractivity contribution in [2.24, 2.45) is 0 Å². The molecule has 0 amide bonds. The fourth-order valence-corrected chi connectivity index (χ4v) is 3.48. The second-order valence-corrected chi connectivity index (χ2v) is 7.48. The van der Waals surface area contributed by atoms with Gasteiger partial charge in [0.1, 0.15) is 24.3 Å². The number of aryl methyl sites for hydroxylation is 2. The summed E-state index contributed by atoms with van der Waals surface area (Å²) < 4.78 is 18.8. The van der Waals surface area contributed by atoms with Gasteiger partial charge >= 0.3 is 0 Å². The van der Waals surface area contributed by atoms with Gasteiger partial charge in [0.2, 0.25) is 0 Å². The Morgan fingerprint density at radius 3 is 2.26 bits per heavy atom. The molecule has 2 aromatic rings. The highest BCUT2D eigenvalue weighted by Crippen LogP contribution is 2.26. The van der Waals surface area contributed by atoms with Crippen molar-refractivity contribution in [1.82, 2.24) is 4.90 Å². The number of benzene rings is 2. The largest absolute Gasteiger partial charge is 0.491 e. The van der Waals surface area contributed by atoms with Gasteiger partial charge in [-0.15, -0.1) is 0 Å². The number of ether oxygens (including phenoxy) is 1. The van der Waals surface area contributed by atoms with E-state index in [-0.39, 0.29) is 12.4 Å². The van der Waals surface area contributed by atoms with Crippen LogP contribution in [-0.4, -0.2) is 55.4 Å². The average molecular weight is 393 g/mol. The molecular weight excluding hydrogens is 367 g/mol. The van der Waals surface area contributed by atoms with Gasteiger partial charge in [0.15, 0.2) is 0 Å². The van der Waals surface area contributed by atoms with Gasteiger partial charge in [-0.25, -0.2) is 4.39 Å². The van der Waals surface area contributed by atoms with Gasteiger partial charge in [0.05, 0.1) is 0 Å². The minimum absolute atomic E-state index is 0.216. The monoisotopic (exact) mass is 392 g/mol. The van der Waals surface area contributed by atoms with E-state index >= 15 is 0 Å². The topological polar surface area (TPSA) is 35.9 Å². The zero-order chi connectivity index (χ0) is 19.4. The molecule has 4 nitrogen and oxygen atoms in total. The second-order valence-electron chi connectivity index (χ2n) is 7.10. The Kier molecular flexibility index (Phi) is 6.58. The molecule has 1 atom stereocenters. The number of rotatable bonds is 6. The SMILES string of the molecule is Cc1cc(OC[C@@H](O)CN2CCN(c3ccc(F)cc3)CC2)cc(C)c1Cl. The fourth-order valence-electron chi connectivity index (χ4n) is 3.37. The van der Waals surface area contributed by atoms with E-state index in [1.807, 2.05) is 38.1 Å². The van der Waals surface area contributed by atoms with Gasteiger partial charge in [0, 0.05) is 43.4 Å². The van der Waals surface area contributed by atoms with Crippen LogP contribution in [0.5, 0.6) is 5.75 Å². The van der Waals surface area contributed by atoms with E-state index in [0.29, 0.717) is 6.54 Å². The Labute approximate surface area is 165 Å². The van der Waals surface area contributed by atoms with Gasteiger partial charge in [-0.3, -0.25) is 4.90 Å². The highest BCUT2D eigenvalue weighted by Gasteiger charge is 2.20. The Morgan fingerprint density at radius 1 is 1.07 bits per heavy atom. The van der Waals surface area contributed by atoms with Gasteiger partial charge in [-0.2, -0.15) is 0 Å². The third kappa shape index (κ3) is 5.34. The predicted octanol–water partition coefficient (Wildman–Crippen LogP) is 3.66. The van der Waals surface area contributed by atoms with Crippen molar-refractivity contribution in [2.75, 3.05) is 44.2 Å². The zero-order valence-electron chi connectivity index (χ0n) is 15.8. The first kappa shape index (κ1) is 19.9. The molecule has 1 aliphatic rings. The van der Waals surface area contributed by atoms with Crippen LogP contribution in [0.2, 0.25) is 5.02 Å². The van der Waals surface area contributed by atoms with Crippen LogP contribution in [0.25, 0.3) is 0 Å². The number of halogens is 2. The van der Waals surface area contributed by atoms with Gasteiger partial charge < -0.3 is 14.7 Å². The minimum Gasteiger partial charge on any atom is -0.491 e. The minimum atomic E-state index is -0.557. The van der Waals surface area contributed by atoms with Crippen LogP contribution >= 0.6 is 11.6 Å². The normalized spacial score (nSPS) is 16.4. The standard InChI is InChI=1S/C21H26ClFN2O2/c1-15-11-20(12-16(2)21(15)22)27-14-19(26)13-24-7-9-25(10-8-24)18-5-3-17(23)4-6-18/h3-6,11-12,19,26H,7-10,13-14H2,1-2H3/t19-/m0/s1. The average Bonchev–Trinajstić information content (AvgIpc) is 2.65. The Morgan fingerprint density at radius 2 is 1.67 bits per heavy atom. The summed E-state index contributed by atoms with van der Waals surface area (Å²) in [5.74, 6) is 0.515. The Bertz CT molecular complexity index is 738. The quantitative estimate of drug-likeness (QED) is 0.813. The van der Waals surface area contributed by atoms with Crippen molar-refractivity contribution < 1.29 is 14.2 Å². The lowest BCUT2D eigenvalue weighted by Gasteiger charge is -2.36. The number of anilines is 1. The summed E-state index contributed by atoms with van der Waals surface area (Å²) in [5, 5.41) is 11.1. The molecule has 27 heavy (non-hydrogen) atoms. The van der Waals surface area contributed by atoms with Crippen molar-refractivity contribution in [2.45, 2.75) is 20.0 Å². The van der Waals surface area contributed by atoms with Crippen molar-refractivity contribution in [1.29, 1.82) is 0 Å². The first-order valence-corrected chi connectivity index (χ1v) is 9.60. The summed E-state index contributed by atoms with van der Waals surface area (Å²) in [5.41, 5.74) is 2.98. The molecule has 1 N–H and O–H groups in total. The lowest BCUT2D eigenvalue weighted by atomic mass is 10.1. The molecular formula is C21H26ClFN2O2. The van der Waals surface area contributed by atoms with Crippen LogP contribution < -0.4 is 9.64 Å². The van der Waals surface area contributed by atoms with E-state index in [4.69, 9.17) is 16.3 Å². The molecule has 1 heterocycles. The third-order valence-corrected chi connectivity index (χ3v) is 5.48. The van der Waals surface area contributed by atoms with Crippen LogP contribution in [0.15, 0.2) is 36.4 Å². The van der Waals surface area contributed by atoms with E-state index < -0.39 is 6.10 Å². The number of nitrogens with zero attached hydrogens (tertiary/aromatic N) is 2. The molecule has 0 aliphatic carbocycles. The lowest BCUT2D eigenvalue weighted by Crippen LogP contribution is -2.49. The van der Waals surface area contributed by atoms with E-state index in [1.54, 1.807) is 0 Å². The molecule has 1 saturated heterocycles. The maximum absolute atomic E-state index is 13.0. The summed E-state index contributed by atoms with van der Waals surface area (Å²) >= 11 is 6.17. The van der Waals surface area contributed by atoms with Crippen molar-refractivity contribution in [3.8, 4) is 5.75 Å². The number of aliphatic hydroxyl groups excluding tert-OH is 1. The smallest absolute Gasteiger partial charge is 0.123 e. The number of aliphatic hydroxyl groups is 1. The molecule has 0 unspecified atom stereocenters. The molecule has 0 aromatic heterocycles. The van der Waals surface area contributed by atoms with Crippen molar-refractivity contribution >= 4 is 17.3 Å². The van der Waals surface area contributed by atoms with Gasteiger partial charge in [-0.1, -0.05) is 11.6 Å². The molecule has 1 fully saturated rings. The highest BCUT2D eigenvalue weighted by molar-refractivity contribution is 6.32. The molecule has 1 aliphatic heterocycles. The van der Waals surface area contributed by atoms with E-state index in [2.05, 4.69) is 9.80 Å². The molecule has 6 heteroatoms. The van der Waals surface area contributed by atoms with Gasteiger partial charge in [0.25, 0.3) is 0 Å². The van der Waals surface area contributed by atoms with Crippen LogP contribution in [0.4, 0.5) is 10.1 Å². The first-order valence-electron chi connectivity index (χ1n) is 9.23. The Balaban J connectivity index is 1.44. The number of hydrogen-bond acceptors (Lipinski definition) is 4. The lowest BCUT2D eigenvalue weighted by molar-refractivity contribution is 0.0663. The number of piperazine rings is 1. The van der Waals surface area contributed by atoms with Crippen LogP contribution in [0.3, 0.4) is 0 Å². The number of hydrogen-bond donors (Lipinski definition) is 1. The molecule has 2 aromatic carbocycles. The Hall–Kier alpha value is -1.82. The zero-order valence-corrected chi connectivity index (χ0v) is 16.5. The summed E-state index contributed by atoms with van der Waals surface area (Å²) in [7, 11) is 0. The number of β-amino-alcohol motifs (C(OH)–C–C–N with tert-alkyl or cyclic N) is 1. The molecule has 146 valence electrons. The molecule has 0 radical (unpaired) electrons. The molecule has 0 bridgehead atoms. The summed E-state index contributed by atoms with van der Waals surface area (Å²) in [4.78, 5) is 4.46. The van der Waals surface area contributed by atoms with E-state index in [9.17, 15) is 9.50 Å². The molecule has 0 saturated carbocycles. The summed E-state index contributed by atoms with van der Waals surface area (Å²) in [6, 6.07) is 10.4. The summed E-state index contributed by atoms with van der Waals surface area (Å²) in [6.45, 7) is 8.13. The third-order valence-electron chi connectivity index (χ3n) is 4.89. The van der Waals surface area contributed by atoms with E-state index in [0.717, 1.165) is 53.8 Å². The van der Waals surface area contributed by atoms with E-state index in [1.165, 1.54) is 12.1 Å².